The molecule has 0 saturated heterocycles. The van der Waals surface area contributed by atoms with Gasteiger partial charge in [-0.15, -0.1) is 6.42 Å². The van der Waals surface area contributed by atoms with E-state index in [0.717, 1.165) is 21.6 Å². The molecule has 6 nitrogen and oxygen atoms in total. The summed E-state index contributed by atoms with van der Waals surface area (Å²) in [6.45, 7) is 3.56. The van der Waals surface area contributed by atoms with Gasteiger partial charge in [-0.1, -0.05) is 42.0 Å². The lowest BCUT2D eigenvalue weighted by molar-refractivity contribution is -0.122. The van der Waals surface area contributed by atoms with E-state index in [9.17, 15) is 19.6 Å². The number of carbonyl (C=O) groups is 2. The lowest BCUT2D eigenvalue weighted by Gasteiger charge is -2.23. The average molecular weight is 378 g/mol. The number of nitrogens with one attached hydrogen (secondary N) is 1. The molecule has 2 rings (SSSR count). The van der Waals surface area contributed by atoms with E-state index >= 15 is 0 Å². The van der Waals surface area contributed by atoms with Crippen LogP contribution in [0.15, 0.2) is 48.5 Å². The van der Waals surface area contributed by atoms with Crippen molar-refractivity contribution in [3.05, 3.63) is 65.2 Å². The molecular weight excluding hydrogens is 355 g/mol. The summed E-state index contributed by atoms with van der Waals surface area (Å²) in [6.07, 6.45) is 5.45. The Morgan fingerprint density at radius 1 is 1.18 bits per heavy atom. The Bertz CT molecular complexity index is 878. The van der Waals surface area contributed by atoms with E-state index in [1.807, 2.05) is 38.0 Å². The number of amides is 2. The van der Waals surface area contributed by atoms with Crippen molar-refractivity contribution in [1.29, 1.82) is 0 Å². The summed E-state index contributed by atoms with van der Waals surface area (Å²) >= 11 is 0. The normalized spacial score (nSPS) is 11.2. The molecule has 0 aromatic heterocycles. The van der Waals surface area contributed by atoms with Gasteiger partial charge in [-0.05, 0) is 49.4 Å². The van der Waals surface area contributed by atoms with Crippen LogP contribution in [-0.4, -0.2) is 41.5 Å². The summed E-state index contributed by atoms with van der Waals surface area (Å²) in [5, 5.41) is 22.0. The zero-order valence-corrected chi connectivity index (χ0v) is 15.9. The molecule has 144 valence electrons. The summed E-state index contributed by atoms with van der Waals surface area (Å²) in [5.41, 5.74) is 3.46. The maximum absolute atomic E-state index is 12.5. The highest BCUT2D eigenvalue weighted by Crippen LogP contribution is 2.15. The minimum absolute atomic E-state index is 0.240. The Balaban J connectivity index is 2.12. The second-order valence-corrected chi connectivity index (χ2v) is 6.59. The highest BCUT2D eigenvalue weighted by Gasteiger charge is 2.27. The average Bonchev–Trinajstić information content (AvgIpc) is 2.67. The van der Waals surface area contributed by atoms with Crippen molar-refractivity contribution >= 4 is 24.6 Å². The predicted molar refractivity (Wildman–Crippen MR) is 109 cm³/mol. The van der Waals surface area contributed by atoms with E-state index in [-0.39, 0.29) is 13.0 Å². The first kappa shape index (κ1) is 21.2. The first-order valence-corrected chi connectivity index (χ1v) is 8.86. The topological polar surface area (TPSA) is 89.9 Å². The molecule has 0 aliphatic rings. The van der Waals surface area contributed by atoms with E-state index in [1.54, 1.807) is 30.3 Å². The van der Waals surface area contributed by atoms with Crippen molar-refractivity contribution in [2.24, 2.45) is 0 Å². The number of carbonyl (C=O) groups excluding carboxylic acids is 2. The molecule has 28 heavy (non-hydrogen) atoms. The van der Waals surface area contributed by atoms with Crippen molar-refractivity contribution in [3.63, 3.8) is 0 Å². The van der Waals surface area contributed by atoms with Gasteiger partial charge in [-0.2, -0.15) is 0 Å². The zero-order valence-electron chi connectivity index (χ0n) is 15.9. The summed E-state index contributed by atoms with van der Waals surface area (Å²) < 4.78 is 0. The van der Waals surface area contributed by atoms with Crippen LogP contribution in [0.5, 0.6) is 0 Å². The van der Waals surface area contributed by atoms with Crippen LogP contribution in [0.2, 0.25) is 0 Å². The lowest BCUT2D eigenvalue weighted by atomic mass is 9.75. The molecule has 2 amide bonds. The molecule has 0 unspecified atom stereocenters. The Morgan fingerprint density at radius 3 is 2.43 bits per heavy atom. The van der Waals surface area contributed by atoms with E-state index in [1.165, 1.54) is 0 Å². The third-order valence-corrected chi connectivity index (χ3v) is 4.38. The molecule has 0 heterocycles. The Hall–Kier alpha value is -3.08. The van der Waals surface area contributed by atoms with Gasteiger partial charge in [0.05, 0.1) is 5.94 Å². The lowest BCUT2D eigenvalue weighted by Crippen LogP contribution is -2.51. The largest absolute Gasteiger partial charge is 0.475 e. The monoisotopic (exact) mass is 378 g/mol. The van der Waals surface area contributed by atoms with Crippen LogP contribution in [0.3, 0.4) is 0 Å². The second-order valence-electron chi connectivity index (χ2n) is 6.59. The third kappa shape index (κ3) is 5.71. The molecule has 0 spiro atoms. The van der Waals surface area contributed by atoms with Gasteiger partial charge >= 0.3 is 13.0 Å². The maximum Gasteiger partial charge on any atom is 0.475 e. The summed E-state index contributed by atoms with van der Waals surface area (Å²) in [6, 6.07) is 14.4. The molecule has 0 fully saturated rings. The van der Waals surface area contributed by atoms with Gasteiger partial charge in [0.1, 0.15) is 6.54 Å². The smallest absolute Gasteiger partial charge is 0.426 e. The quantitative estimate of drug-likeness (QED) is 0.496. The van der Waals surface area contributed by atoms with Gasteiger partial charge in [0, 0.05) is 5.69 Å². The highest BCUT2D eigenvalue weighted by molar-refractivity contribution is 6.43. The van der Waals surface area contributed by atoms with Crippen molar-refractivity contribution in [2.75, 3.05) is 11.4 Å². The van der Waals surface area contributed by atoms with Gasteiger partial charge in [-0.3, -0.25) is 14.5 Å². The summed E-state index contributed by atoms with van der Waals surface area (Å²) in [7, 11) is -1.75. The van der Waals surface area contributed by atoms with Crippen molar-refractivity contribution in [3.8, 4) is 12.3 Å². The van der Waals surface area contributed by atoms with E-state index < -0.39 is 24.9 Å². The van der Waals surface area contributed by atoms with Gasteiger partial charge in [0.15, 0.2) is 0 Å². The maximum atomic E-state index is 12.5. The third-order valence-electron chi connectivity index (χ3n) is 4.38. The SMILES string of the molecule is C#CC(=O)N(CC(=O)N[C@@H](Cc1ccc(C)cc1C)B(O)O)c1ccccc1. The zero-order chi connectivity index (χ0) is 20.7. The fourth-order valence-corrected chi connectivity index (χ4v) is 2.90. The van der Waals surface area contributed by atoms with E-state index in [4.69, 9.17) is 6.42 Å². The number of nitrogens with zero attached hydrogens (tertiary/aromatic N) is 1. The minimum atomic E-state index is -1.75. The molecule has 2 aromatic carbocycles. The molecule has 0 aliphatic heterocycles. The highest BCUT2D eigenvalue weighted by atomic mass is 16.4. The second kappa shape index (κ2) is 9.74. The van der Waals surface area contributed by atoms with Crippen LogP contribution >= 0.6 is 0 Å². The summed E-state index contributed by atoms with van der Waals surface area (Å²) in [4.78, 5) is 25.7. The van der Waals surface area contributed by atoms with Crippen LogP contribution in [0, 0.1) is 26.2 Å². The fraction of sp³-hybridized carbons (Fsp3) is 0.238. The minimum Gasteiger partial charge on any atom is -0.426 e. The van der Waals surface area contributed by atoms with Crippen molar-refractivity contribution in [2.45, 2.75) is 26.2 Å². The van der Waals surface area contributed by atoms with Gasteiger partial charge in [0.2, 0.25) is 5.91 Å². The molecule has 0 aliphatic carbocycles. The first-order valence-electron chi connectivity index (χ1n) is 8.86. The number of para-hydroxylation sites is 1. The van der Waals surface area contributed by atoms with Crippen LogP contribution in [-0.2, 0) is 16.0 Å². The Labute approximate surface area is 165 Å². The fourth-order valence-electron chi connectivity index (χ4n) is 2.90. The Morgan fingerprint density at radius 2 is 1.86 bits per heavy atom. The van der Waals surface area contributed by atoms with Crippen LogP contribution in [0.25, 0.3) is 0 Å². The molecule has 1 atom stereocenters. The molecular formula is C21H23BN2O4. The van der Waals surface area contributed by atoms with E-state index in [2.05, 4.69) is 5.32 Å². The number of hydrogen-bond donors (Lipinski definition) is 3. The van der Waals surface area contributed by atoms with Gasteiger partial charge in [-0.25, -0.2) is 0 Å². The number of rotatable bonds is 7. The molecule has 7 heteroatoms. The molecule has 0 radical (unpaired) electrons. The van der Waals surface area contributed by atoms with Crippen molar-refractivity contribution in [1.82, 2.24) is 5.32 Å². The number of benzene rings is 2. The summed E-state index contributed by atoms with van der Waals surface area (Å²) in [5.74, 6) is -0.120. The van der Waals surface area contributed by atoms with Crippen LogP contribution in [0.1, 0.15) is 16.7 Å². The van der Waals surface area contributed by atoms with Crippen molar-refractivity contribution < 1.29 is 19.6 Å². The van der Waals surface area contributed by atoms with Crippen LogP contribution in [0.4, 0.5) is 5.69 Å². The van der Waals surface area contributed by atoms with Gasteiger partial charge in [0.25, 0.3) is 0 Å². The number of anilines is 1. The van der Waals surface area contributed by atoms with Gasteiger partial charge < -0.3 is 15.4 Å². The number of aryl methyl sites for hydroxylation is 2. The van der Waals surface area contributed by atoms with Crippen LogP contribution < -0.4 is 10.2 Å². The molecule has 3 N–H and O–H groups in total. The molecule has 0 bridgehead atoms. The Kier molecular flexibility index (Phi) is 7.39. The number of terminal acetylenes is 1. The molecule has 0 saturated carbocycles. The van der Waals surface area contributed by atoms with E-state index in [0.29, 0.717) is 5.69 Å². The predicted octanol–water partition coefficient (Wildman–Crippen LogP) is 1.01. The first-order chi connectivity index (χ1) is 13.3. The molecule has 2 aromatic rings. The number of hydrogen-bond acceptors (Lipinski definition) is 4. The standard InChI is InChI=1S/C21H23BN2O4/c1-4-21(26)24(18-8-6-5-7-9-18)14-20(25)23-19(22(27)28)13-17-11-10-15(2)12-16(17)3/h1,5-12,19,27-28H,13-14H2,2-3H3,(H,23,25)/t19-/m0/s1.